The van der Waals surface area contributed by atoms with Gasteiger partial charge in [-0.3, -0.25) is 14.5 Å². The Bertz CT molecular complexity index is 1360. The van der Waals surface area contributed by atoms with Crippen LogP contribution in [0.15, 0.2) is 42.9 Å². The lowest BCUT2D eigenvalue weighted by Crippen LogP contribution is -2.30. The minimum atomic E-state index is -3.60. The molecule has 2 heterocycles. The SMILES string of the molecule is CCOc1cncc(-c2ccc(C(=O)N[C@H](CC)c3ccnc(NS(=O)(=O)C4CCCC4)n3)c(F)c2)n1. The van der Waals surface area contributed by atoms with E-state index in [0.717, 1.165) is 12.8 Å². The monoisotopic (exact) mass is 528 g/mol. The lowest BCUT2D eigenvalue weighted by Gasteiger charge is -2.18. The van der Waals surface area contributed by atoms with Crippen molar-refractivity contribution in [3.63, 3.8) is 0 Å². The van der Waals surface area contributed by atoms with Crippen LogP contribution in [0.2, 0.25) is 0 Å². The van der Waals surface area contributed by atoms with Gasteiger partial charge < -0.3 is 10.1 Å². The maximum atomic E-state index is 14.9. The van der Waals surface area contributed by atoms with Gasteiger partial charge in [0.05, 0.1) is 47.2 Å². The molecular weight excluding hydrogens is 499 g/mol. The van der Waals surface area contributed by atoms with Crippen molar-refractivity contribution in [2.24, 2.45) is 0 Å². The number of hydrogen-bond acceptors (Lipinski definition) is 8. The highest BCUT2D eigenvalue weighted by Crippen LogP contribution is 2.26. The summed E-state index contributed by atoms with van der Waals surface area (Å²) in [6, 6.07) is 5.18. The maximum Gasteiger partial charge on any atom is 0.254 e. The van der Waals surface area contributed by atoms with Crippen molar-refractivity contribution < 1.29 is 22.3 Å². The van der Waals surface area contributed by atoms with Crippen molar-refractivity contribution in [1.29, 1.82) is 0 Å². The van der Waals surface area contributed by atoms with Gasteiger partial charge in [0.25, 0.3) is 5.91 Å². The van der Waals surface area contributed by atoms with Crippen LogP contribution in [0.3, 0.4) is 0 Å². The number of carbonyl (C=O) groups is 1. The zero-order chi connectivity index (χ0) is 26.4. The van der Waals surface area contributed by atoms with Gasteiger partial charge in [-0.05, 0) is 44.4 Å². The van der Waals surface area contributed by atoms with Crippen LogP contribution in [0.25, 0.3) is 11.3 Å². The van der Waals surface area contributed by atoms with E-state index in [2.05, 4.69) is 30.0 Å². The third-order valence-electron chi connectivity index (χ3n) is 6.14. The number of hydrogen-bond donors (Lipinski definition) is 2. The van der Waals surface area contributed by atoms with Crippen molar-refractivity contribution in [3.05, 3.63) is 59.9 Å². The Morgan fingerprint density at radius 1 is 1.16 bits per heavy atom. The predicted molar refractivity (Wildman–Crippen MR) is 136 cm³/mol. The Labute approximate surface area is 215 Å². The molecule has 1 amide bonds. The van der Waals surface area contributed by atoms with Gasteiger partial charge in [-0.1, -0.05) is 25.8 Å². The zero-order valence-corrected chi connectivity index (χ0v) is 21.5. The van der Waals surface area contributed by atoms with E-state index in [-0.39, 0.29) is 11.5 Å². The molecule has 1 atom stereocenters. The van der Waals surface area contributed by atoms with E-state index >= 15 is 0 Å². The molecule has 37 heavy (non-hydrogen) atoms. The molecule has 4 rings (SSSR count). The standard InChI is InChI=1S/C25H29FN6O4S/c1-3-20(21-11-12-28-25(31-21)32-37(34,35)17-7-5-6-8-17)30-24(33)18-10-9-16(13-19(18)26)22-14-27-15-23(29-22)36-4-2/h9-15,17,20H,3-8H2,1-2H3,(H,30,33)(H,28,31,32)/t20-/m1/s1. The molecule has 0 unspecified atom stereocenters. The summed E-state index contributed by atoms with van der Waals surface area (Å²) >= 11 is 0. The third-order valence-corrected chi connectivity index (χ3v) is 7.95. The van der Waals surface area contributed by atoms with Gasteiger partial charge >= 0.3 is 0 Å². The van der Waals surface area contributed by atoms with E-state index in [0.29, 0.717) is 48.7 Å². The molecule has 0 saturated heterocycles. The zero-order valence-electron chi connectivity index (χ0n) is 20.6. The third kappa shape index (κ3) is 6.37. The number of amides is 1. The lowest BCUT2D eigenvalue weighted by molar-refractivity contribution is 0.0930. The normalized spacial score (nSPS) is 14.8. The van der Waals surface area contributed by atoms with Gasteiger partial charge in [0.2, 0.25) is 21.9 Å². The van der Waals surface area contributed by atoms with Crippen LogP contribution in [0.4, 0.5) is 10.3 Å². The molecule has 12 heteroatoms. The van der Waals surface area contributed by atoms with Gasteiger partial charge in [0, 0.05) is 11.8 Å². The van der Waals surface area contributed by atoms with Crippen molar-refractivity contribution in [2.75, 3.05) is 11.3 Å². The molecule has 0 aliphatic heterocycles. The van der Waals surface area contributed by atoms with Gasteiger partial charge in [0.15, 0.2) is 0 Å². The summed E-state index contributed by atoms with van der Waals surface area (Å²) < 4.78 is 48.0. The number of rotatable bonds is 10. The molecule has 0 spiro atoms. The number of nitrogens with one attached hydrogen (secondary N) is 2. The molecule has 1 aromatic carbocycles. The van der Waals surface area contributed by atoms with Crippen LogP contribution >= 0.6 is 0 Å². The summed E-state index contributed by atoms with van der Waals surface area (Å²) in [6.45, 7) is 4.07. The maximum absolute atomic E-state index is 14.9. The molecule has 2 N–H and O–H groups in total. The van der Waals surface area contributed by atoms with Crippen molar-refractivity contribution in [3.8, 4) is 17.1 Å². The van der Waals surface area contributed by atoms with Crippen molar-refractivity contribution in [1.82, 2.24) is 25.3 Å². The van der Waals surface area contributed by atoms with Gasteiger partial charge in [-0.2, -0.15) is 0 Å². The number of aromatic nitrogens is 4. The summed E-state index contributed by atoms with van der Waals surface area (Å²) in [5, 5.41) is 2.32. The quantitative estimate of drug-likeness (QED) is 0.402. The number of benzene rings is 1. The predicted octanol–water partition coefficient (Wildman–Crippen LogP) is 4.04. The lowest BCUT2D eigenvalue weighted by atomic mass is 10.1. The highest BCUT2D eigenvalue weighted by atomic mass is 32.2. The number of anilines is 1. The van der Waals surface area contributed by atoms with Crippen LogP contribution < -0.4 is 14.8 Å². The number of carbonyl (C=O) groups excluding carboxylic acids is 1. The van der Waals surface area contributed by atoms with Crippen molar-refractivity contribution in [2.45, 2.75) is 57.2 Å². The van der Waals surface area contributed by atoms with Crippen molar-refractivity contribution >= 4 is 21.9 Å². The van der Waals surface area contributed by atoms with Crippen LogP contribution in [-0.2, 0) is 10.0 Å². The Hall–Kier alpha value is -3.67. The van der Waals surface area contributed by atoms with Gasteiger partial charge in [-0.25, -0.2) is 27.8 Å². The van der Waals surface area contributed by atoms with E-state index in [1.54, 1.807) is 12.1 Å². The number of ether oxygens (including phenoxy) is 1. The Morgan fingerprint density at radius 3 is 2.65 bits per heavy atom. The number of halogens is 1. The highest BCUT2D eigenvalue weighted by molar-refractivity contribution is 7.93. The molecule has 1 aliphatic rings. The largest absolute Gasteiger partial charge is 0.477 e. The first-order chi connectivity index (χ1) is 17.8. The molecule has 196 valence electrons. The minimum Gasteiger partial charge on any atom is -0.477 e. The molecule has 1 fully saturated rings. The van der Waals surface area contributed by atoms with E-state index < -0.39 is 33.0 Å². The average molecular weight is 529 g/mol. The molecule has 0 bridgehead atoms. The fourth-order valence-corrected chi connectivity index (χ4v) is 5.68. The first-order valence-corrected chi connectivity index (χ1v) is 13.8. The molecule has 10 nitrogen and oxygen atoms in total. The topological polar surface area (TPSA) is 136 Å². The second-order valence-electron chi connectivity index (χ2n) is 8.66. The van der Waals surface area contributed by atoms with E-state index in [1.165, 1.54) is 30.7 Å². The average Bonchev–Trinajstić information content (AvgIpc) is 3.44. The highest BCUT2D eigenvalue weighted by Gasteiger charge is 2.29. The summed E-state index contributed by atoms with van der Waals surface area (Å²) in [7, 11) is -3.60. The summed E-state index contributed by atoms with van der Waals surface area (Å²) in [5.74, 6) is -1.08. The molecule has 3 aromatic rings. The Morgan fingerprint density at radius 2 is 1.95 bits per heavy atom. The number of sulfonamides is 1. The fourth-order valence-electron chi connectivity index (χ4n) is 4.21. The van der Waals surface area contributed by atoms with E-state index in [9.17, 15) is 17.6 Å². The summed E-state index contributed by atoms with van der Waals surface area (Å²) in [4.78, 5) is 29.6. The van der Waals surface area contributed by atoms with E-state index in [4.69, 9.17) is 4.74 Å². The number of nitrogens with zero attached hydrogens (tertiary/aromatic N) is 4. The second kappa shape index (κ2) is 11.6. The second-order valence-corrected chi connectivity index (χ2v) is 10.6. The first-order valence-electron chi connectivity index (χ1n) is 12.2. The molecule has 0 radical (unpaired) electrons. The summed E-state index contributed by atoms with van der Waals surface area (Å²) in [5.41, 5.74) is 1.13. The fraction of sp³-hybridized carbons (Fsp3) is 0.400. The van der Waals surface area contributed by atoms with Crippen LogP contribution in [0.1, 0.15) is 68.0 Å². The van der Waals surface area contributed by atoms with E-state index in [1.807, 2.05) is 13.8 Å². The molecule has 1 saturated carbocycles. The Kier molecular flexibility index (Phi) is 8.27. The molecule has 1 aliphatic carbocycles. The van der Waals surface area contributed by atoms with Crippen LogP contribution in [0.5, 0.6) is 5.88 Å². The Balaban J connectivity index is 1.48. The first kappa shape index (κ1) is 26.4. The van der Waals surface area contributed by atoms with Gasteiger partial charge in [0.1, 0.15) is 5.82 Å². The van der Waals surface area contributed by atoms with Gasteiger partial charge in [-0.15, -0.1) is 0 Å². The van der Waals surface area contributed by atoms with Crippen LogP contribution in [-0.4, -0.2) is 46.1 Å². The molecule has 2 aromatic heterocycles. The smallest absolute Gasteiger partial charge is 0.254 e. The molecular formula is C25H29FN6O4S. The minimum absolute atomic E-state index is 0.0528. The van der Waals surface area contributed by atoms with Crippen LogP contribution in [0, 0.1) is 5.82 Å². The summed E-state index contributed by atoms with van der Waals surface area (Å²) in [6.07, 6.45) is 7.79.